The lowest BCUT2D eigenvalue weighted by Gasteiger charge is -2.18. The fourth-order valence-electron chi connectivity index (χ4n) is 1.07. The van der Waals surface area contributed by atoms with Crippen molar-refractivity contribution in [2.75, 3.05) is 7.11 Å². The fraction of sp³-hybridized carbons (Fsp3) is 0.167. The predicted octanol–water partition coefficient (Wildman–Crippen LogP) is 0.129. The van der Waals surface area contributed by atoms with Crippen molar-refractivity contribution in [1.29, 1.82) is 0 Å². The van der Waals surface area contributed by atoms with Crippen LogP contribution in [0.15, 0.2) is 27.4 Å². The van der Waals surface area contributed by atoms with E-state index in [0.29, 0.717) is 11.1 Å². The van der Waals surface area contributed by atoms with Crippen molar-refractivity contribution in [2.45, 2.75) is 0 Å². The van der Waals surface area contributed by atoms with E-state index in [2.05, 4.69) is 15.1 Å². The van der Waals surface area contributed by atoms with Gasteiger partial charge in [0.05, 0.1) is 0 Å². The van der Waals surface area contributed by atoms with Crippen LogP contribution in [0.1, 0.15) is 0 Å². The van der Waals surface area contributed by atoms with Crippen LogP contribution in [0.5, 0.6) is 0 Å². The highest BCUT2D eigenvalue weighted by molar-refractivity contribution is 6.69. The second-order valence-electron chi connectivity index (χ2n) is 2.43. The Morgan fingerprint density at radius 2 is 2.31 bits per heavy atom. The second-order valence-corrected chi connectivity index (χ2v) is 2.81. The molecule has 0 fully saturated rings. The maximum Gasteiger partial charge on any atom is 0.400 e. The average Bonchev–Trinajstić information content (AvgIpc) is 2.41. The van der Waals surface area contributed by atoms with Gasteiger partial charge in [-0.25, -0.2) is 0 Å². The van der Waals surface area contributed by atoms with Crippen molar-refractivity contribution in [3.8, 4) is 0 Å². The van der Waals surface area contributed by atoms with Gasteiger partial charge in [-0.15, -0.1) is 4.99 Å². The van der Waals surface area contributed by atoms with Gasteiger partial charge in [0, 0.05) is 15.9 Å². The number of halogens is 1. The predicted molar refractivity (Wildman–Crippen MR) is 48.8 cm³/mol. The molecule has 0 aromatic rings. The van der Waals surface area contributed by atoms with E-state index < -0.39 is 0 Å². The molecule has 7 heteroatoms. The van der Waals surface area contributed by atoms with Crippen LogP contribution >= 0.6 is 11.6 Å². The number of allylic oxidation sites excluding steroid dienone is 1. The summed E-state index contributed by atoms with van der Waals surface area (Å²) < 4.78 is -0.276. The van der Waals surface area contributed by atoms with E-state index >= 15 is 0 Å². The Bertz CT molecular complexity index is 371. The number of quaternary nitrogens is 1. The van der Waals surface area contributed by atoms with Crippen LogP contribution in [0.25, 0.3) is 0 Å². The lowest BCUT2D eigenvalue weighted by Crippen LogP contribution is -2.41. The van der Waals surface area contributed by atoms with Crippen LogP contribution in [-0.2, 0) is 4.84 Å². The van der Waals surface area contributed by atoms with Crippen molar-refractivity contribution in [2.24, 2.45) is 20.8 Å². The molecule has 0 aromatic carbocycles. The van der Waals surface area contributed by atoms with Crippen molar-refractivity contribution in [1.82, 2.24) is 0 Å². The summed E-state index contributed by atoms with van der Waals surface area (Å²) in [5, 5.41) is 4.28. The van der Waals surface area contributed by atoms with Gasteiger partial charge in [-0.05, 0) is 0 Å². The lowest BCUT2D eigenvalue weighted by molar-refractivity contribution is -0.995. The van der Waals surface area contributed by atoms with E-state index in [1.54, 1.807) is 12.3 Å². The van der Waals surface area contributed by atoms with Crippen molar-refractivity contribution in [3.05, 3.63) is 12.3 Å². The van der Waals surface area contributed by atoms with Crippen LogP contribution in [0, 0.1) is 0 Å². The first-order valence-electron chi connectivity index (χ1n) is 3.49. The summed E-state index contributed by atoms with van der Waals surface area (Å²) >= 11 is 5.67. The molecule has 1 atom stereocenters. The van der Waals surface area contributed by atoms with Crippen LogP contribution in [0.4, 0.5) is 0 Å². The van der Waals surface area contributed by atoms with Gasteiger partial charge < -0.3 is 5.73 Å². The van der Waals surface area contributed by atoms with Gasteiger partial charge >= 0.3 is 5.96 Å². The third-order valence-corrected chi connectivity index (χ3v) is 1.86. The summed E-state index contributed by atoms with van der Waals surface area (Å²) in [4.78, 5) is 12.9. The number of aliphatic imine (C=N–C) groups is 2. The molecule has 6 nitrogen and oxygen atoms in total. The van der Waals surface area contributed by atoms with Gasteiger partial charge in [-0.1, -0.05) is 11.6 Å². The molecule has 0 aliphatic carbocycles. The first-order valence-corrected chi connectivity index (χ1v) is 3.87. The number of fused-ring (bicyclic) bond motifs is 1. The highest BCUT2D eigenvalue weighted by atomic mass is 35.5. The Labute approximate surface area is 79.2 Å². The molecule has 1 unspecified atom stereocenters. The summed E-state index contributed by atoms with van der Waals surface area (Å²) in [5.74, 6) is 0.434. The monoisotopic (exact) mass is 200 g/mol. The maximum atomic E-state index is 5.67. The zero-order chi connectivity index (χ0) is 9.47. The number of rotatable bonds is 1. The Balaban J connectivity index is 2.49. The van der Waals surface area contributed by atoms with Gasteiger partial charge in [0.15, 0.2) is 6.20 Å². The zero-order valence-electron chi connectivity index (χ0n) is 6.81. The molecule has 2 N–H and O–H groups in total. The molecule has 0 spiro atoms. The van der Waals surface area contributed by atoms with Crippen molar-refractivity contribution < 1.29 is 9.59 Å². The van der Waals surface area contributed by atoms with E-state index in [-0.39, 0.29) is 10.7 Å². The van der Waals surface area contributed by atoms with Crippen molar-refractivity contribution in [3.63, 3.8) is 0 Å². The molecule has 2 heterocycles. The molecular formula is C6H7ClN5O+. The topological polar surface area (TPSA) is 72.3 Å². The minimum Gasteiger partial charge on any atom is -0.363 e. The number of guanidine groups is 2. The molecule has 0 amide bonds. The summed E-state index contributed by atoms with van der Waals surface area (Å²) in [6, 6.07) is 0. The lowest BCUT2D eigenvalue weighted by atomic mass is 10.5. The molecular weight excluding hydrogens is 194 g/mol. The van der Waals surface area contributed by atoms with E-state index in [1.807, 2.05) is 0 Å². The van der Waals surface area contributed by atoms with E-state index in [4.69, 9.17) is 22.2 Å². The Morgan fingerprint density at radius 3 is 3.00 bits per heavy atom. The summed E-state index contributed by atoms with van der Waals surface area (Å²) in [5.41, 5.74) is 5.42. The van der Waals surface area contributed by atoms with Gasteiger partial charge in [-0.2, -0.15) is 9.83 Å². The molecule has 68 valence electrons. The molecule has 0 aromatic heterocycles. The molecule has 0 radical (unpaired) electrons. The van der Waals surface area contributed by atoms with Crippen LogP contribution in [0.2, 0.25) is 0 Å². The number of nitrogens with two attached hydrogens (primary N) is 1. The van der Waals surface area contributed by atoms with Gasteiger partial charge in [0.2, 0.25) is 0 Å². The van der Waals surface area contributed by atoms with Crippen LogP contribution in [0.3, 0.4) is 0 Å². The largest absolute Gasteiger partial charge is 0.400 e. The van der Waals surface area contributed by atoms with Crippen LogP contribution in [-0.4, -0.2) is 29.0 Å². The normalized spacial score (nSPS) is 30.8. The Hall–Kier alpha value is -1.24. The molecule has 0 saturated heterocycles. The first-order chi connectivity index (χ1) is 6.16. The van der Waals surface area contributed by atoms with Gasteiger partial charge in [-0.3, -0.25) is 0 Å². The molecule has 2 rings (SSSR count). The van der Waals surface area contributed by atoms with Crippen molar-refractivity contribution >= 4 is 28.7 Å². The maximum absolute atomic E-state index is 5.67. The number of hydroxylamine groups is 2. The van der Waals surface area contributed by atoms with E-state index in [1.165, 1.54) is 7.11 Å². The molecule has 0 saturated carbocycles. The average molecular weight is 201 g/mol. The standard InChI is InChI=1S/C6H7ClN5O/c1-13-12-3-2-4(7)9-6(12)10-5(8)11-12/h2-3H,1H3,(H2,8,11)/q+1. The Kier molecular flexibility index (Phi) is 1.69. The van der Waals surface area contributed by atoms with E-state index in [9.17, 15) is 0 Å². The third kappa shape index (κ3) is 1.15. The minimum atomic E-state index is -0.276. The summed E-state index contributed by atoms with van der Waals surface area (Å²) in [7, 11) is 1.48. The summed E-state index contributed by atoms with van der Waals surface area (Å²) in [6.07, 6.45) is 3.18. The second kappa shape index (κ2) is 2.63. The highest BCUT2D eigenvalue weighted by Crippen LogP contribution is 2.22. The van der Waals surface area contributed by atoms with Crippen LogP contribution < -0.4 is 5.73 Å². The molecule has 13 heavy (non-hydrogen) atoms. The zero-order valence-corrected chi connectivity index (χ0v) is 7.56. The van der Waals surface area contributed by atoms with Gasteiger partial charge in [0.1, 0.15) is 12.3 Å². The molecule has 0 bridgehead atoms. The number of nitrogens with zero attached hydrogens (tertiary/aromatic N) is 4. The molecule has 2 aliphatic rings. The minimum absolute atomic E-state index is 0.122. The Morgan fingerprint density at radius 1 is 1.54 bits per heavy atom. The number of hydrogen-bond donors (Lipinski definition) is 1. The number of hydrogen-bond acceptors (Lipinski definition) is 5. The first kappa shape index (κ1) is 8.36. The fourth-order valence-corrected chi connectivity index (χ4v) is 1.20. The third-order valence-electron chi connectivity index (χ3n) is 1.65. The molecule has 2 aliphatic heterocycles. The SMILES string of the molecule is CO[N+]12C=CC(Cl)=NC1=NC(N)=N2. The highest BCUT2D eigenvalue weighted by Gasteiger charge is 2.43. The smallest absolute Gasteiger partial charge is 0.363 e. The summed E-state index contributed by atoms with van der Waals surface area (Å²) in [6.45, 7) is 0. The van der Waals surface area contributed by atoms with Gasteiger partial charge in [0.25, 0.3) is 5.96 Å². The van der Waals surface area contributed by atoms with E-state index in [0.717, 1.165) is 0 Å². The quantitative estimate of drug-likeness (QED) is 0.611.